The van der Waals surface area contributed by atoms with Crippen molar-refractivity contribution in [1.29, 1.82) is 0 Å². The number of hydrogen-bond donors (Lipinski definition) is 1. The quantitative estimate of drug-likeness (QED) is 0.718. The van der Waals surface area contributed by atoms with Crippen LogP contribution in [0.15, 0.2) is 56.7 Å². The predicted molar refractivity (Wildman–Crippen MR) is 87.1 cm³/mol. The van der Waals surface area contributed by atoms with Gasteiger partial charge in [-0.3, -0.25) is 4.79 Å². The van der Waals surface area contributed by atoms with E-state index in [1.807, 2.05) is 31.2 Å². The molecule has 0 bridgehead atoms. The van der Waals surface area contributed by atoms with Crippen LogP contribution in [0.25, 0.3) is 11.7 Å². The summed E-state index contributed by atoms with van der Waals surface area (Å²) in [5.41, 5.74) is 1.85. The number of aryl methyl sites for hydroxylation is 1. The highest BCUT2D eigenvalue weighted by molar-refractivity contribution is 8.00. The number of rotatable bonds is 5. The van der Waals surface area contributed by atoms with Crippen LogP contribution in [0.3, 0.4) is 0 Å². The van der Waals surface area contributed by atoms with Gasteiger partial charge in [0, 0.05) is 5.69 Å². The zero-order valence-electron chi connectivity index (χ0n) is 12.6. The van der Waals surface area contributed by atoms with Crippen molar-refractivity contribution in [3.8, 4) is 11.7 Å². The molecule has 0 fully saturated rings. The van der Waals surface area contributed by atoms with Crippen molar-refractivity contribution < 1.29 is 13.6 Å². The molecule has 0 aliphatic heterocycles. The molecule has 23 heavy (non-hydrogen) atoms. The molecular formula is C16H15N3O3S. The van der Waals surface area contributed by atoms with Crippen LogP contribution >= 0.6 is 11.8 Å². The maximum atomic E-state index is 12.2. The number of carbonyl (C=O) groups excluding carboxylic acids is 1. The summed E-state index contributed by atoms with van der Waals surface area (Å²) in [7, 11) is 0. The number of carbonyl (C=O) groups is 1. The minimum absolute atomic E-state index is 0.127. The van der Waals surface area contributed by atoms with Crippen LogP contribution in [0.4, 0.5) is 5.69 Å². The van der Waals surface area contributed by atoms with Crippen LogP contribution < -0.4 is 5.32 Å². The Labute approximate surface area is 137 Å². The molecule has 1 atom stereocenters. The van der Waals surface area contributed by atoms with E-state index in [2.05, 4.69) is 15.5 Å². The largest absolute Gasteiger partial charge is 0.459 e. The first kappa shape index (κ1) is 15.4. The number of hydrogen-bond acceptors (Lipinski definition) is 6. The van der Waals surface area contributed by atoms with Crippen molar-refractivity contribution in [1.82, 2.24) is 10.2 Å². The maximum absolute atomic E-state index is 12.2. The maximum Gasteiger partial charge on any atom is 0.284 e. The number of nitrogens with zero attached hydrogens (tertiary/aromatic N) is 2. The molecule has 6 nitrogen and oxygen atoms in total. The van der Waals surface area contributed by atoms with Crippen LogP contribution in [0, 0.1) is 6.92 Å². The van der Waals surface area contributed by atoms with Gasteiger partial charge in [0.1, 0.15) is 0 Å². The molecule has 1 amide bonds. The van der Waals surface area contributed by atoms with Gasteiger partial charge in [0.2, 0.25) is 5.91 Å². The normalized spacial score (nSPS) is 12.1. The van der Waals surface area contributed by atoms with Gasteiger partial charge in [0.15, 0.2) is 5.76 Å². The van der Waals surface area contributed by atoms with Crippen molar-refractivity contribution in [3.05, 3.63) is 48.2 Å². The Morgan fingerprint density at radius 3 is 2.87 bits per heavy atom. The average Bonchev–Trinajstić information content (AvgIpc) is 3.17. The van der Waals surface area contributed by atoms with E-state index in [-0.39, 0.29) is 11.2 Å². The van der Waals surface area contributed by atoms with Gasteiger partial charge in [0.25, 0.3) is 11.1 Å². The van der Waals surface area contributed by atoms with Gasteiger partial charge in [-0.2, -0.15) is 0 Å². The summed E-state index contributed by atoms with van der Waals surface area (Å²) >= 11 is 1.20. The van der Waals surface area contributed by atoms with Gasteiger partial charge in [-0.25, -0.2) is 0 Å². The third kappa shape index (κ3) is 3.81. The topological polar surface area (TPSA) is 81.2 Å². The first-order valence-corrected chi connectivity index (χ1v) is 7.91. The minimum Gasteiger partial charge on any atom is -0.459 e. The third-order valence-corrected chi connectivity index (χ3v) is 4.01. The summed E-state index contributed by atoms with van der Waals surface area (Å²) < 4.78 is 10.7. The van der Waals surface area contributed by atoms with Crippen LogP contribution in [-0.2, 0) is 4.79 Å². The van der Waals surface area contributed by atoms with E-state index in [0.717, 1.165) is 11.3 Å². The van der Waals surface area contributed by atoms with E-state index in [9.17, 15) is 4.79 Å². The molecule has 0 spiro atoms. The summed E-state index contributed by atoms with van der Waals surface area (Å²) in [5, 5.41) is 10.6. The Hall–Kier alpha value is -2.54. The molecular weight excluding hydrogens is 314 g/mol. The molecule has 118 valence electrons. The number of aromatic nitrogens is 2. The monoisotopic (exact) mass is 329 g/mol. The van der Waals surface area contributed by atoms with Gasteiger partial charge in [-0.15, -0.1) is 10.2 Å². The molecule has 0 aliphatic carbocycles. The molecule has 0 aliphatic rings. The van der Waals surface area contributed by atoms with Crippen LogP contribution in [0.5, 0.6) is 0 Å². The second-order valence-corrected chi connectivity index (χ2v) is 6.26. The Morgan fingerprint density at radius 1 is 1.26 bits per heavy atom. The number of amides is 1. The lowest BCUT2D eigenvalue weighted by atomic mass is 10.2. The highest BCUT2D eigenvalue weighted by Gasteiger charge is 2.19. The van der Waals surface area contributed by atoms with E-state index in [0.29, 0.717) is 16.9 Å². The van der Waals surface area contributed by atoms with Gasteiger partial charge in [-0.1, -0.05) is 23.9 Å². The van der Waals surface area contributed by atoms with Gasteiger partial charge in [-0.05, 0) is 43.7 Å². The van der Waals surface area contributed by atoms with Gasteiger partial charge in [0.05, 0.1) is 11.5 Å². The van der Waals surface area contributed by atoms with Gasteiger partial charge < -0.3 is 14.2 Å². The Bertz CT molecular complexity index is 799. The second-order valence-electron chi connectivity index (χ2n) is 4.97. The molecule has 0 radical (unpaired) electrons. The number of thioether (sulfide) groups is 1. The molecule has 2 aromatic heterocycles. The van der Waals surface area contributed by atoms with Crippen molar-refractivity contribution in [2.45, 2.75) is 24.3 Å². The summed E-state index contributed by atoms with van der Waals surface area (Å²) in [6.07, 6.45) is 1.53. The van der Waals surface area contributed by atoms with E-state index >= 15 is 0 Å². The SMILES string of the molecule is Cc1cccc(NC(=O)[C@@H](C)Sc2nnc(-c3ccco3)o2)c1. The summed E-state index contributed by atoms with van der Waals surface area (Å²) in [4.78, 5) is 12.2. The van der Waals surface area contributed by atoms with E-state index in [1.54, 1.807) is 19.1 Å². The van der Waals surface area contributed by atoms with E-state index in [1.165, 1.54) is 18.0 Å². The fraction of sp³-hybridized carbons (Fsp3) is 0.188. The average molecular weight is 329 g/mol. The number of anilines is 1. The lowest BCUT2D eigenvalue weighted by Crippen LogP contribution is -2.22. The van der Waals surface area contributed by atoms with E-state index in [4.69, 9.17) is 8.83 Å². The molecule has 1 N–H and O–H groups in total. The highest BCUT2D eigenvalue weighted by Crippen LogP contribution is 2.26. The molecule has 3 aromatic rings. The smallest absolute Gasteiger partial charge is 0.284 e. The lowest BCUT2D eigenvalue weighted by molar-refractivity contribution is -0.115. The Kier molecular flexibility index (Phi) is 4.47. The highest BCUT2D eigenvalue weighted by atomic mass is 32.2. The standard InChI is InChI=1S/C16H15N3O3S/c1-10-5-3-6-12(9-10)17-14(20)11(2)23-16-19-18-15(22-16)13-7-4-8-21-13/h3-9,11H,1-2H3,(H,17,20)/t11-/m1/s1. The number of furan rings is 1. The molecule has 0 saturated carbocycles. The molecule has 2 heterocycles. The fourth-order valence-electron chi connectivity index (χ4n) is 1.93. The first-order chi connectivity index (χ1) is 11.1. The minimum atomic E-state index is -0.375. The number of benzene rings is 1. The zero-order chi connectivity index (χ0) is 16.2. The molecule has 0 saturated heterocycles. The van der Waals surface area contributed by atoms with Crippen molar-refractivity contribution in [3.63, 3.8) is 0 Å². The Balaban J connectivity index is 1.62. The van der Waals surface area contributed by atoms with Crippen LogP contribution in [-0.4, -0.2) is 21.4 Å². The van der Waals surface area contributed by atoms with Crippen LogP contribution in [0.1, 0.15) is 12.5 Å². The molecule has 7 heteroatoms. The second kappa shape index (κ2) is 6.70. The van der Waals surface area contributed by atoms with Crippen molar-refractivity contribution >= 4 is 23.4 Å². The number of nitrogens with one attached hydrogen (secondary N) is 1. The molecule has 3 rings (SSSR count). The summed E-state index contributed by atoms with van der Waals surface area (Å²) in [5.74, 6) is 0.670. The Morgan fingerprint density at radius 2 is 2.13 bits per heavy atom. The lowest BCUT2D eigenvalue weighted by Gasteiger charge is -2.10. The van der Waals surface area contributed by atoms with Crippen molar-refractivity contribution in [2.24, 2.45) is 0 Å². The molecule has 1 aromatic carbocycles. The van der Waals surface area contributed by atoms with Gasteiger partial charge >= 0.3 is 0 Å². The zero-order valence-corrected chi connectivity index (χ0v) is 13.5. The summed E-state index contributed by atoms with van der Waals surface area (Å²) in [6.45, 7) is 3.76. The summed E-state index contributed by atoms with van der Waals surface area (Å²) in [6, 6.07) is 11.1. The first-order valence-electron chi connectivity index (χ1n) is 7.03. The van der Waals surface area contributed by atoms with Crippen molar-refractivity contribution in [2.75, 3.05) is 5.32 Å². The van der Waals surface area contributed by atoms with E-state index < -0.39 is 0 Å². The third-order valence-electron chi connectivity index (χ3n) is 3.07. The predicted octanol–water partition coefficient (Wildman–Crippen LogP) is 3.76. The molecule has 0 unspecified atom stereocenters. The fourth-order valence-corrected chi connectivity index (χ4v) is 2.61. The van der Waals surface area contributed by atoms with Crippen LogP contribution in [0.2, 0.25) is 0 Å².